The van der Waals surface area contributed by atoms with Crippen molar-refractivity contribution in [2.75, 3.05) is 5.32 Å². The highest BCUT2D eigenvalue weighted by Gasteiger charge is 2.19. The van der Waals surface area contributed by atoms with Gasteiger partial charge in [0, 0.05) is 23.1 Å². The predicted octanol–water partition coefficient (Wildman–Crippen LogP) is 4.12. The van der Waals surface area contributed by atoms with Gasteiger partial charge < -0.3 is 10.1 Å². The minimum absolute atomic E-state index is 0.106. The molecule has 31 heavy (non-hydrogen) atoms. The second kappa shape index (κ2) is 9.43. The monoisotopic (exact) mass is 439 g/mol. The summed E-state index contributed by atoms with van der Waals surface area (Å²) in [6.07, 6.45) is 6.20. The van der Waals surface area contributed by atoms with Gasteiger partial charge in [0.25, 0.3) is 5.56 Å². The fourth-order valence-electron chi connectivity index (χ4n) is 3.75. The molecule has 1 aliphatic rings. The fraction of sp³-hybridized carbons (Fsp3) is 0.391. The van der Waals surface area contributed by atoms with Crippen molar-refractivity contribution >= 4 is 33.9 Å². The largest absolute Gasteiger partial charge is 0.456 e. The van der Waals surface area contributed by atoms with Crippen LogP contribution in [0.1, 0.15) is 65.7 Å². The highest BCUT2D eigenvalue weighted by Crippen LogP contribution is 2.28. The average molecular weight is 440 g/mol. The van der Waals surface area contributed by atoms with Crippen LogP contribution in [0.4, 0.5) is 5.69 Å². The molecule has 0 aliphatic heterocycles. The molecule has 0 bridgehead atoms. The van der Waals surface area contributed by atoms with Crippen molar-refractivity contribution in [2.45, 2.75) is 58.5 Å². The van der Waals surface area contributed by atoms with Gasteiger partial charge in [-0.05, 0) is 44.2 Å². The molecule has 162 valence electrons. The smallest absolute Gasteiger partial charge is 0.340 e. The number of para-hydroxylation sites is 1. The van der Waals surface area contributed by atoms with Crippen LogP contribution in [0.25, 0.3) is 4.96 Å². The number of hydrogen-bond acceptors (Lipinski definition) is 6. The number of amides is 1. The van der Waals surface area contributed by atoms with E-state index in [9.17, 15) is 14.4 Å². The van der Waals surface area contributed by atoms with Crippen molar-refractivity contribution in [3.05, 3.63) is 62.5 Å². The lowest BCUT2D eigenvalue weighted by atomic mass is 10.0. The molecule has 0 fully saturated rings. The molecule has 0 radical (unpaired) electrons. The molecule has 1 aliphatic carbocycles. The number of aromatic nitrogens is 2. The maximum absolute atomic E-state index is 12.7. The van der Waals surface area contributed by atoms with Crippen LogP contribution in [0.3, 0.4) is 0 Å². The first-order valence-corrected chi connectivity index (χ1v) is 11.5. The summed E-state index contributed by atoms with van der Waals surface area (Å²) in [7, 11) is 0. The molecule has 1 aromatic carbocycles. The van der Waals surface area contributed by atoms with E-state index in [-0.39, 0.29) is 23.6 Å². The Morgan fingerprint density at radius 3 is 2.87 bits per heavy atom. The number of aryl methyl sites for hydroxylation is 2. The molecule has 4 rings (SSSR count). The second-order valence-corrected chi connectivity index (χ2v) is 8.72. The number of nitrogens with zero attached hydrogens (tertiary/aromatic N) is 2. The molecule has 3 aromatic rings. The van der Waals surface area contributed by atoms with Crippen LogP contribution in [0.2, 0.25) is 0 Å². The quantitative estimate of drug-likeness (QED) is 0.559. The van der Waals surface area contributed by atoms with Crippen LogP contribution in [-0.2, 0) is 29.0 Å². The number of fused-ring (bicyclic) bond motifs is 3. The molecule has 0 unspecified atom stereocenters. The van der Waals surface area contributed by atoms with Gasteiger partial charge >= 0.3 is 5.97 Å². The number of ether oxygens (including phenoxy) is 1. The molecule has 0 saturated heterocycles. The van der Waals surface area contributed by atoms with Gasteiger partial charge in [0.1, 0.15) is 6.61 Å². The number of rotatable bonds is 7. The molecule has 8 heteroatoms. The van der Waals surface area contributed by atoms with Crippen LogP contribution in [-0.4, -0.2) is 21.3 Å². The Morgan fingerprint density at radius 2 is 2.03 bits per heavy atom. The first kappa shape index (κ1) is 21.2. The molecule has 0 atom stereocenters. The Morgan fingerprint density at radius 1 is 1.23 bits per heavy atom. The Labute approximate surface area is 184 Å². The molecule has 0 spiro atoms. The van der Waals surface area contributed by atoms with Gasteiger partial charge in [0.05, 0.1) is 16.9 Å². The van der Waals surface area contributed by atoms with Crippen molar-refractivity contribution in [3.63, 3.8) is 0 Å². The summed E-state index contributed by atoms with van der Waals surface area (Å²) in [6.45, 7) is 1.91. The summed E-state index contributed by atoms with van der Waals surface area (Å²) in [5, 5.41) is 2.78. The number of anilines is 1. The lowest BCUT2D eigenvalue weighted by Gasteiger charge is -2.11. The summed E-state index contributed by atoms with van der Waals surface area (Å²) < 4.78 is 7.11. The van der Waals surface area contributed by atoms with E-state index in [2.05, 4.69) is 10.3 Å². The normalized spacial score (nSPS) is 13.1. The third-order valence-electron chi connectivity index (χ3n) is 5.34. The molecule has 1 amide bonds. The maximum Gasteiger partial charge on any atom is 0.340 e. The summed E-state index contributed by atoms with van der Waals surface area (Å²) >= 11 is 1.54. The fourth-order valence-corrected chi connectivity index (χ4v) is 4.99. The van der Waals surface area contributed by atoms with Crippen molar-refractivity contribution in [2.24, 2.45) is 0 Å². The van der Waals surface area contributed by atoms with Gasteiger partial charge in [-0.3, -0.25) is 14.0 Å². The summed E-state index contributed by atoms with van der Waals surface area (Å²) in [4.78, 5) is 43.8. The van der Waals surface area contributed by atoms with E-state index < -0.39 is 5.97 Å². The van der Waals surface area contributed by atoms with Crippen molar-refractivity contribution < 1.29 is 14.3 Å². The van der Waals surface area contributed by atoms with Gasteiger partial charge in [-0.2, -0.15) is 0 Å². The number of carbonyl (C=O) groups is 2. The van der Waals surface area contributed by atoms with Gasteiger partial charge in [0.2, 0.25) is 5.91 Å². The van der Waals surface area contributed by atoms with E-state index >= 15 is 0 Å². The van der Waals surface area contributed by atoms with Crippen molar-refractivity contribution in [1.29, 1.82) is 0 Å². The molecular formula is C23H25N3O4S. The number of benzene rings is 1. The van der Waals surface area contributed by atoms with E-state index in [1.807, 2.05) is 6.92 Å². The molecule has 2 aromatic heterocycles. The lowest BCUT2D eigenvalue weighted by Crippen LogP contribution is -2.19. The highest BCUT2D eigenvalue weighted by molar-refractivity contribution is 7.17. The number of thiazole rings is 1. The maximum atomic E-state index is 12.7. The van der Waals surface area contributed by atoms with Gasteiger partial charge in [-0.15, -0.1) is 11.3 Å². The molecule has 7 nitrogen and oxygen atoms in total. The number of carbonyl (C=O) groups excluding carboxylic acids is 2. The van der Waals surface area contributed by atoms with Crippen LogP contribution < -0.4 is 10.9 Å². The van der Waals surface area contributed by atoms with E-state index in [1.165, 1.54) is 22.3 Å². The van der Waals surface area contributed by atoms with Crippen molar-refractivity contribution in [3.8, 4) is 0 Å². The van der Waals surface area contributed by atoms with Crippen LogP contribution in [0.15, 0.2) is 35.1 Å². The Balaban J connectivity index is 1.49. The molecular weight excluding hydrogens is 414 g/mol. The van der Waals surface area contributed by atoms with Gasteiger partial charge in [0.15, 0.2) is 4.96 Å². The van der Waals surface area contributed by atoms with Crippen LogP contribution >= 0.6 is 11.3 Å². The zero-order valence-corrected chi connectivity index (χ0v) is 18.3. The minimum atomic E-state index is -0.570. The first-order chi connectivity index (χ1) is 15.1. The van der Waals surface area contributed by atoms with Gasteiger partial charge in [-0.25, -0.2) is 9.78 Å². The second-order valence-electron chi connectivity index (χ2n) is 7.66. The number of hydrogen-bond donors (Lipinski definition) is 1. The number of nitrogens with one attached hydrogen (secondary N) is 1. The number of unbranched alkanes of at least 4 members (excludes halogenated alkanes) is 1. The molecule has 1 N–H and O–H groups in total. The summed E-state index contributed by atoms with van der Waals surface area (Å²) in [6, 6.07) is 8.18. The Hall–Kier alpha value is -3.00. The average Bonchev–Trinajstić information content (AvgIpc) is 3.15. The van der Waals surface area contributed by atoms with Gasteiger partial charge in [-0.1, -0.05) is 25.5 Å². The summed E-state index contributed by atoms with van der Waals surface area (Å²) in [5.41, 5.74) is 2.04. The third kappa shape index (κ3) is 4.69. The van der Waals surface area contributed by atoms with E-state index in [0.717, 1.165) is 44.2 Å². The SMILES string of the molecule is CCCCC(=O)Nc1ccccc1C(=O)OCc1cc(=O)n2c3c(sc2n1)CCCC3. The van der Waals surface area contributed by atoms with Crippen molar-refractivity contribution in [1.82, 2.24) is 9.38 Å². The predicted molar refractivity (Wildman–Crippen MR) is 120 cm³/mol. The zero-order chi connectivity index (χ0) is 21.8. The zero-order valence-electron chi connectivity index (χ0n) is 17.5. The first-order valence-electron chi connectivity index (χ1n) is 10.7. The third-order valence-corrected chi connectivity index (χ3v) is 6.49. The van der Waals surface area contributed by atoms with E-state index in [4.69, 9.17) is 4.74 Å². The van der Waals surface area contributed by atoms with E-state index in [0.29, 0.717) is 22.8 Å². The summed E-state index contributed by atoms with van der Waals surface area (Å²) in [5.74, 6) is -0.706. The standard InChI is InChI=1S/C23H25N3O4S/c1-2-3-12-20(27)25-17-9-5-4-8-16(17)22(29)30-14-15-13-21(28)26-18-10-6-7-11-19(18)31-23(26)24-15/h4-5,8-9,13H,2-3,6-7,10-12,14H2,1H3,(H,25,27). The van der Waals surface area contributed by atoms with Crippen LogP contribution in [0.5, 0.6) is 0 Å². The lowest BCUT2D eigenvalue weighted by molar-refractivity contribution is -0.116. The molecule has 0 saturated carbocycles. The topological polar surface area (TPSA) is 89.8 Å². The number of esters is 1. The Bertz CT molecular complexity index is 1180. The van der Waals surface area contributed by atoms with Crippen LogP contribution in [0, 0.1) is 0 Å². The molecule has 2 heterocycles. The highest BCUT2D eigenvalue weighted by atomic mass is 32.1. The minimum Gasteiger partial charge on any atom is -0.456 e. The Kier molecular flexibility index (Phi) is 6.46. The van der Waals surface area contributed by atoms with E-state index in [1.54, 1.807) is 28.7 Å².